The second kappa shape index (κ2) is 35.0. The van der Waals surface area contributed by atoms with Crippen LogP contribution in [0.15, 0.2) is 467 Å². The number of hydrogen-bond donors (Lipinski definition) is 0. The maximum Gasteiger partial charge on any atom is 0.164 e. The van der Waals surface area contributed by atoms with Crippen molar-refractivity contribution in [1.29, 1.82) is 0 Å². The summed E-state index contributed by atoms with van der Waals surface area (Å²) in [5.41, 5.74) is 16.0. The molecule has 28 aromatic rings. The molecular weight excluding hydrogens is 1750 g/mol. The SMILES string of the molecule is c1ccc(-c2nc(-c3ccc4ccccc4c3)nc(-c3ccc(-c4cccc5sc6ccccc6c45)c4ccccc34)n2)cc1.c1ccc2cc(-c3nc(-c4ccc(-c5cccc6sc7ccccc7c56)cc4)nc(-c4ccc5ccccc5c4)n3)ccc2c1.c1ccc2cc(-c3nc(-c4ccc5ccccc5c4)nc(-c4ccc(-c5cccc6sc7ccccc7c56)c5ccccc45)n3)ccc2c1. The zero-order valence-corrected chi connectivity index (χ0v) is 77.2. The summed E-state index contributed by atoms with van der Waals surface area (Å²) in [5.74, 6) is 5.92. The van der Waals surface area contributed by atoms with Gasteiger partial charge in [0.1, 0.15) is 0 Å². The summed E-state index contributed by atoms with van der Waals surface area (Å²) < 4.78 is 7.81. The Kier molecular flexibility index (Phi) is 20.7. The van der Waals surface area contributed by atoms with Crippen LogP contribution in [-0.2, 0) is 0 Å². The molecule has 22 aromatic carbocycles. The van der Waals surface area contributed by atoms with Gasteiger partial charge in [0.2, 0.25) is 0 Å². The van der Waals surface area contributed by atoms with E-state index >= 15 is 0 Å². The normalized spacial score (nSPS) is 11.6. The van der Waals surface area contributed by atoms with Crippen LogP contribution in [0.25, 0.3) is 272 Å². The molecule has 28 rings (SSSR count). The van der Waals surface area contributed by atoms with Gasteiger partial charge in [0, 0.05) is 111 Å². The van der Waals surface area contributed by atoms with Crippen molar-refractivity contribution in [2.75, 3.05) is 0 Å². The van der Waals surface area contributed by atoms with Crippen LogP contribution >= 0.6 is 34.0 Å². The first-order chi connectivity index (χ1) is 68.8. The van der Waals surface area contributed by atoms with Crippen molar-refractivity contribution in [3.8, 4) is 136 Å². The van der Waals surface area contributed by atoms with Crippen molar-refractivity contribution >= 4 is 170 Å². The lowest BCUT2D eigenvalue weighted by atomic mass is 9.92. The van der Waals surface area contributed by atoms with Crippen LogP contribution in [0.5, 0.6) is 0 Å². The Bertz CT molecular complexity index is 9580. The molecule has 0 radical (unpaired) electrons. The maximum absolute atomic E-state index is 5.18. The quantitative estimate of drug-likeness (QED) is 0.118. The summed E-state index contributed by atoms with van der Waals surface area (Å²) in [4.78, 5) is 45.7. The van der Waals surface area contributed by atoms with Gasteiger partial charge in [0.25, 0.3) is 0 Å². The maximum atomic E-state index is 5.18. The Morgan fingerprint density at radius 2 is 0.331 bits per heavy atom. The molecule has 0 bridgehead atoms. The molecule has 6 aromatic heterocycles. The summed E-state index contributed by atoms with van der Waals surface area (Å²) in [6, 6.07) is 165. The molecule has 139 heavy (non-hydrogen) atoms. The topological polar surface area (TPSA) is 116 Å². The Hall–Kier alpha value is -17.7. The van der Waals surface area contributed by atoms with E-state index in [-0.39, 0.29) is 0 Å². The van der Waals surface area contributed by atoms with E-state index in [1.54, 1.807) is 0 Å². The highest BCUT2D eigenvalue weighted by Gasteiger charge is 2.24. The van der Waals surface area contributed by atoms with Gasteiger partial charge in [0.15, 0.2) is 52.4 Å². The van der Waals surface area contributed by atoms with Gasteiger partial charge in [-0.25, -0.2) is 44.9 Å². The number of hydrogen-bond acceptors (Lipinski definition) is 12. The Labute approximate surface area is 811 Å². The first-order valence-electron chi connectivity index (χ1n) is 46.5. The largest absolute Gasteiger partial charge is 0.208 e. The molecule has 648 valence electrons. The Morgan fingerprint density at radius 1 is 0.115 bits per heavy atom. The molecule has 0 aliphatic heterocycles. The highest BCUT2D eigenvalue weighted by molar-refractivity contribution is 7.26. The number of rotatable bonds is 12. The van der Waals surface area contributed by atoms with Crippen molar-refractivity contribution in [1.82, 2.24) is 44.9 Å². The van der Waals surface area contributed by atoms with E-state index in [4.69, 9.17) is 44.9 Å². The number of thiophene rings is 3. The fraction of sp³-hybridized carbons (Fsp3) is 0. The predicted octanol–water partition coefficient (Wildman–Crippen LogP) is 34.8. The van der Waals surface area contributed by atoms with E-state index in [1.807, 2.05) is 52.2 Å². The number of benzene rings is 22. The van der Waals surface area contributed by atoms with Crippen molar-refractivity contribution in [2.45, 2.75) is 0 Å². The van der Waals surface area contributed by atoms with Gasteiger partial charge >= 0.3 is 0 Å². The zero-order chi connectivity index (χ0) is 91.8. The van der Waals surface area contributed by atoms with Gasteiger partial charge in [-0.05, 0) is 188 Å². The van der Waals surface area contributed by atoms with Crippen LogP contribution in [0.1, 0.15) is 0 Å². The molecule has 0 N–H and O–H groups in total. The fourth-order valence-electron chi connectivity index (χ4n) is 19.8. The minimum atomic E-state index is 0.654. The molecule has 0 atom stereocenters. The lowest BCUT2D eigenvalue weighted by Crippen LogP contribution is -2.01. The van der Waals surface area contributed by atoms with Crippen LogP contribution in [-0.4, -0.2) is 44.9 Å². The predicted molar refractivity (Wildman–Crippen MR) is 586 cm³/mol. The number of nitrogens with zero attached hydrogens (tertiary/aromatic N) is 9. The molecule has 0 saturated carbocycles. The van der Waals surface area contributed by atoms with E-state index in [2.05, 4.69) is 449 Å². The lowest BCUT2D eigenvalue weighted by molar-refractivity contribution is 1.07. The minimum Gasteiger partial charge on any atom is -0.208 e. The van der Waals surface area contributed by atoms with Crippen molar-refractivity contribution in [3.63, 3.8) is 0 Å². The van der Waals surface area contributed by atoms with Crippen LogP contribution < -0.4 is 0 Å². The second-order valence-corrected chi connectivity index (χ2v) is 38.2. The van der Waals surface area contributed by atoms with Crippen LogP contribution in [0.2, 0.25) is 0 Å². The van der Waals surface area contributed by atoms with Crippen molar-refractivity contribution in [2.24, 2.45) is 0 Å². The third kappa shape index (κ3) is 15.4. The van der Waals surface area contributed by atoms with Crippen LogP contribution in [0, 0.1) is 0 Å². The molecule has 6 heterocycles. The van der Waals surface area contributed by atoms with Crippen molar-refractivity contribution < 1.29 is 0 Å². The van der Waals surface area contributed by atoms with E-state index in [0.717, 1.165) is 87.8 Å². The summed E-state index contributed by atoms with van der Waals surface area (Å²) in [7, 11) is 0. The minimum absolute atomic E-state index is 0.654. The molecule has 9 nitrogen and oxygen atoms in total. The molecule has 0 unspecified atom stereocenters. The Morgan fingerprint density at radius 3 is 0.655 bits per heavy atom. The monoisotopic (exact) mass is 1820 g/mol. The average molecular weight is 1830 g/mol. The smallest absolute Gasteiger partial charge is 0.164 e. The van der Waals surface area contributed by atoms with E-state index in [9.17, 15) is 0 Å². The van der Waals surface area contributed by atoms with Gasteiger partial charge in [-0.2, -0.15) is 0 Å². The van der Waals surface area contributed by atoms with Crippen LogP contribution in [0.4, 0.5) is 0 Å². The van der Waals surface area contributed by atoms with Gasteiger partial charge in [-0.3, -0.25) is 0 Å². The first-order valence-corrected chi connectivity index (χ1v) is 48.9. The molecular formula is C127H77N9S3. The zero-order valence-electron chi connectivity index (χ0n) is 74.7. The first kappa shape index (κ1) is 82.1. The van der Waals surface area contributed by atoms with Crippen LogP contribution in [0.3, 0.4) is 0 Å². The average Bonchev–Trinajstić information content (AvgIpc) is 1.54. The standard InChI is InChI=1S/C45H27N3S.2C41H25N3S/c1-3-12-30-26-32(22-20-28(30)10-1)43-46-44(33-23-21-29-11-2-4-13-31(29)27-33)48-45(47-43)38-25-24-36(34-14-5-6-15-35(34)38)37-17-9-19-41-42(37)39-16-7-8-18-40(39)49-41;1-3-10-30-24-32(22-16-26(30)8-1)40-42-39(43-41(44-40)33-23-17-27-9-2-4-11-31(27)25-33)29-20-18-28(19-21-29)34-13-7-15-37-38(34)35-12-5-6-14-36(35)45-37;1-2-12-27(13-3-1)39-42-40(29-22-21-26-11-4-5-14-28(26)25-29)44-41(43-39)34-24-23-32(30-15-6-7-16-31(30)34)33-18-10-20-37-38(33)35-17-8-9-19-36(35)45-37/h1-27H;2*1-25H. The van der Waals surface area contributed by atoms with E-state index in [1.165, 1.54) is 132 Å². The lowest BCUT2D eigenvalue weighted by Gasteiger charge is -2.14. The highest BCUT2D eigenvalue weighted by atomic mass is 32.1. The second-order valence-electron chi connectivity index (χ2n) is 34.9. The highest BCUT2D eigenvalue weighted by Crippen LogP contribution is 2.48. The summed E-state index contributed by atoms with van der Waals surface area (Å²) in [6.07, 6.45) is 0. The number of aromatic nitrogens is 9. The molecule has 12 heteroatoms. The molecule has 0 aliphatic carbocycles. The molecule has 0 saturated heterocycles. The van der Waals surface area contributed by atoms with Gasteiger partial charge < -0.3 is 0 Å². The third-order valence-corrected chi connectivity index (χ3v) is 30.0. The van der Waals surface area contributed by atoms with Crippen molar-refractivity contribution in [3.05, 3.63) is 467 Å². The summed E-state index contributed by atoms with van der Waals surface area (Å²) >= 11 is 5.54. The van der Waals surface area contributed by atoms with Gasteiger partial charge in [-0.1, -0.05) is 388 Å². The molecule has 0 aliphatic rings. The van der Waals surface area contributed by atoms with Gasteiger partial charge in [0.05, 0.1) is 0 Å². The third-order valence-electron chi connectivity index (χ3n) is 26.5. The number of fused-ring (bicyclic) bond motifs is 16. The Balaban J connectivity index is 0.000000108. The molecule has 0 spiro atoms. The molecule has 0 fully saturated rings. The molecule has 0 amide bonds. The van der Waals surface area contributed by atoms with Gasteiger partial charge in [-0.15, -0.1) is 34.0 Å². The fourth-order valence-corrected chi connectivity index (χ4v) is 23.2. The van der Waals surface area contributed by atoms with E-state index in [0.29, 0.717) is 52.4 Å². The van der Waals surface area contributed by atoms with E-state index < -0.39 is 0 Å². The summed E-state index contributed by atoms with van der Waals surface area (Å²) in [6.45, 7) is 0. The summed E-state index contributed by atoms with van der Waals surface area (Å²) in [5, 5.41) is 24.1.